The van der Waals surface area contributed by atoms with E-state index in [9.17, 15) is 0 Å². The van der Waals surface area contributed by atoms with Gasteiger partial charge >= 0.3 is 0 Å². The maximum absolute atomic E-state index is 2.39. The van der Waals surface area contributed by atoms with Crippen LogP contribution in [0.2, 0.25) is 18.1 Å². The molecule has 0 spiro atoms. The Morgan fingerprint density at radius 1 is 0.867 bits per heavy atom. The lowest BCUT2D eigenvalue weighted by Gasteiger charge is -2.30. The van der Waals surface area contributed by atoms with Crippen LogP contribution in [0.4, 0.5) is 0 Å². The second-order valence-electron chi connectivity index (χ2n) is 4.50. The minimum absolute atomic E-state index is 1.15. The Bertz CT molecular complexity index is 260. The molecule has 0 fully saturated rings. The third-order valence-corrected chi connectivity index (χ3v) is 9.35. The first-order chi connectivity index (χ1) is 7.29. The van der Waals surface area contributed by atoms with Gasteiger partial charge in [-0.05, 0) is 0 Å². The van der Waals surface area contributed by atoms with Crippen molar-refractivity contribution in [3.63, 3.8) is 0 Å². The first-order valence-electron chi connectivity index (χ1n) is 6.34. The van der Waals surface area contributed by atoms with Crippen LogP contribution in [0.3, 0.4) is 0 Å². The molecule has 1 aromatic carbocycles. The van der Waals surface area contributed by atoms with E-state index in [2.05, 4.69) is 51.1 Å². The maximum Gasteiger partial charge on any atom is 0.0864 e. The summed E-state index contributed by atoms with van der Waals surface area (Å²) in [5.41, 5.74) is 0. The third-order valence-electron chi connectivity index (χ3n) is 3.52. The molecular weight excluding hydrogens is 196 g/mol. The van der Waals surface area contributed by atoms with Crippen molar-refractivity contribution in [1.82, 2.24) is 0 Å². The topological polar surface area (TPSA) is 0 Å². The van der Waals surface area contributed by atoms with Gasteiger partial charge in [0.1, 0.15) is 0 Å². The van der Waals surface area contributed by atoms with Crippen LogP contribution < -0.4 is 5.19 Å². The fraction of sp³-hybridized carbons (Fsp3) is 0.571. The molecule has 0 saturated carbocycles. The van der Waals surface area contributed by atoms with Crippen LogP contribution in [0.25, 0.3) is 0 Å². The number of hydrogen-bond acceptors (Lipinski definition) is 0. The molecule has 1 heteroatoms. The summed E-state index contributed by atoms with van der Waals surface area (Å²) in [6.07, 6.45) is 2.68. The Labute approximate surface area is 95.7 Å². The number of rotatable bonds is 6. The Morgan fingerprint density at radius 3 is 1.80 bits per heavy atom. The Balaban J connectivity index is 2.97. The summed E-state index contributed by atoms with van der Waals surface area (Å²) < 4.78 is 0. The van der Waals surface area contributed by atoms with Gasteiger partial charge in [-0.2, -0.15) is 0 Å². The van der Waals surface area contributed by atoms with Crippen molar-refractivity contribution >= 4 is 13.3 Å². The minimum atomic E-state index is -1.15. The van der Waals surface area contributed by atoms with E-state index in [1.54, 1.807) is 5.19 Å². The second-order valence-corrected chi connectivity index (χ2v) is 9.35. The van der Waals surface area contributed by atoms with Crippen molar-refractivity contribution in [3.8, 4) is 0 Å². The smallest absolute Gasteiger partial charge is 0.0675 e. The molecule has 0 radical (unpaired) electrons. The van der Waals surface area contributed by atoms with Gasteiger partial charge in [-0.1, -0.05) is 87.3 Å². The third kappa shape index (κ3) is 2.94. The normalized spacial score (nSPS) is 11.7. The summed E-state index contributed by atoms with van der Waals surface area (Å²) >= 11 is 0. The van der Waals surface area contributed by atoms with Gasteiger partial charge in [0, 0.05) is 0 Å². The SMILES string of the molecule is CCC[Si](CC)(CCC)c1ccccc1. The molecule has 0 aliphatic heterocycles. The highest BCUT2D eigenvalue weighted by Gasteiger charge is 2.30. The lowest BCUT2D eigenvalue weighted by atomic mass is 10.4. The fourth-order valence-electron chi connectivity index (χ4n) is 2.72. The molecular formula is C14H24Si. The largest absolute Gasteiger partial charge is 0.0864 e. The fourth-order valence-corrected chi connectivity index (χ4v) is 7.48. The lowest BCUT2D eigenvalue weighted by Crippen LogP contribution is -2.46. The Morgan fingerprint density at radius 2 is 1.40 bits per heavy atom. The molecule has 0 amide bonds. The molecule has 0 heterocycles. The molecule has 0 nitrogen and oxygen atoms in total. The van der Waals surface area contributed by atoms with E-state index >= 15 is 0 Å². The van der Waals surface area contributed by atoms with E-state index in [4.69, 9.17) is 0 Å². The monoisotopic (exact) mass is 220 g/mol. The molecule has 0 N–H and O–H groups in total. The zero-order valence-corrected chi connectivity index (χ0v) is 11.4. The van der Waals surface area contributed by atoms with Crippen molar-refractivity contribution in [2.75, 3.05) is 0 Å². The van der Waals surface area contributed by atoms with E-state index in [0.717, 1.165) is 0 Å². The van der Waals surface area contributed by atoms with Crippen LogP contribution in [0, 0.1) is 0 Å². The van der Waals surface area contributed by atoms with Gasteiger partial charge in [-0.15, -0.1) is 0 Å². The van der Waals surface area contributed by atoms with Crippen LogP contribution in [0.1, 0.15) is 33.6 Å². The van der Waals surface area contributed by atoms with Crippen LogP contribution in [-0.4, -0.2) is 8.07 Å². The molecule has 0 aliphatic rings. The Hall–Kier alpha value is -0.563. The van der Waals surface area contributed by atoms with Crippen molar-refractivity contribution in [2.24, 2.45) is 0 Å². The highest BCUT2D eigenvalue weighted by atomic mass is 28.3. The molecule has 0 unspecified atom stereocenters. The number of hydrogen-bond donors (Lipinski definition) is 0. The van der Waals surface area contributed by atoms with Crippen LogP contribution in [-0.2, 0) is 0 Å². The molecule has 0 aliphatic carbocycles. The van der Waals surface area contributed by atoms with Gasteiger partial charge in [0.15, 0.2) is 0 Å². The van der Waals surface area contributed by atoms with Crippen LogP contribution >= 0.6 is 0 Å². The van der Waals surface area contributed by atoms with E-state index in [1.807, 2.05) is 0 Å². The highest BCUT2D eigenvalue weighted by molar-refractivity contribution is 6.91. The molecule has 15 heavy (non-hydrogen) atoms. The standard InChI is InChI=1S/C14H24Si/c1-4-12-15(6-3,13-5-2)14-10-8-7-9-11-14/h7-11H,4-6,12-13H2,1-3H3. The van der Waals surface area contributed by atoms with E-state index in [0.29, 0.717) is 0 Å². The molecule has 84 valence electrons. The van der Waals surface area contributed by atoms with Crippen molar-refractivity contribution in [3.05, 3.63) is 30.3 Å². The van der Waals surface area contributed by atoms with Crippen molar-refractivity contribution in [1.29, 1.82) is 0 Å². The summed E-state index contributed by atoms with van der Waals surface area (Å²) in [6, 6.07) is 15.6. The molecule has 0 aromatic heterocycles. The predicted molar refractivity (Wildman–Crippen MR) is 72.5 cm³/mol. The average Bonchev–Trinajstić information content (AvgIpc) is 2.30. The molecule has 1 rings (SSSR count). The highest BCUT2D eigenvalue weighted by Crippen LogP contribution is 2.24. The molecule has 1 aromatic rings. The zero-order valence-electron chi connectivity index (χ0n) is 10.4. The van der Waals surface area contributed by atoms with Gasteiger partial charge in [0.2, 0.25) is 0 Å². The average molecular weight is 220 g/mol. The van der Waals surface area contributed by atoms with Gasteiger partial charge in [0.25, 0.3) is 0 Å². The second kappa shape index (κ2) is 6.11. The van der Waals surface area contributed by atoms with Gasteiger partial charge in [-0.3, -0.25) is 0 Å². The van der Waals surface area contributed by atoms with Gasteiger partial charge < -0.3 is 0 Å². The van der Waals surface area contributed by atoms with Crippen LogP contribution in [0.15, 0.2) is 30.3 Å². The maximum atomic E-state index is 2.39. The summed E-state index contributed by atoms with van der Waals surface area (Å²) in [7, 11) is -1.15. The van der Waals surface area contributed by atoms with Gasteiger partial charge in [0.05, 0.1) is 8.07 Å². The van der Waals surface area contributed by atoms with Crippen LogP contribution in [0.5, 0.6) is 0 Å². The molecule has 0 bridgehead atoms. The molecule has 0 saturated heterocycles. The summed E-state index contributed by atoms with van der Waals surface area (Å²) in [4.78, 5) is 0. The summed E-state index contributed by atoms with van der Waals surface area (Å²) in [6.45, 7) is 7.05. The van der Waals surface area contributed by atoms with E-state index < -0.39 is 8.07 Å². The first-order valence-corrected chi connectivity index (χ1v) is 8.96. The van der Waals surface area contributed by atoms with Crippen molar-refractivity contribution in [2.45, 2.75) is 51.7 Å². The first kappa shape index (κ1) is 12.5. The van der Waals surface area contributed by atoms with E-state index in [-0.39, 0.29) is 0 Å². The minimum Gasteiger partial charge on any atom is -0.0675 e. The Kier molecular flexibility index (Phi) is 5.10. The summed E-state index contributed by atoms with van der Waals surface area (Å²) in [5, 5.41) is 1.68. The zero-order chi connectivity index (χ0) is 11.1. The van der Waals surface area contributed by atoms with Crippen molar-refractivity contribution < 1.29 is 0 Å². The van der Waals surface area contributed by atoms with Gasteiger partial charge in [-0.25, -0.2) is 0 Å². The predicted octanol–water partition coefficient (Wildman–Crippen LogP) is 4.18. The molecule has 0 atom stereocenters. The number of benzene rings is 1. The lowest BCUT2D eigenvalue weighted by molar-refractivity contribution is 0.973. The quantitative estimate of drug-likeness (QED) is 0.631. The summed E-state index contributed by atoms with van der Waals surface area (Å²) in [5.74, 6) is 0. The van der Waals surface area contributed by atoms with E-state index in [1.165, 1.54) is 31.0 Å².